The topological polar surface area (TPSA) is 23.6 Å². The van der Waals surface area contributed by atoms with Crippen LogP contribution in [0.25, 0.3) is 0 Å². The molecule has 108 valence electrons. The Morgan fingerprint density at radius 2 is 2.00 bits per heavy atom. The minimum Gasteiger partial charge on any atom is -0.338 e. The molecule has 0 N–H and O–H groups in total. The Hall–Kier alpha value is -1.35. The number of fused-ring (bicyclic) bond motifs is 1. The third-order valence-electron chi connectivity index (χ3n) is 5.01. The number of hydrogen-bond acceptors (Lipinski definition) is 2. The molecule has 0 aromatic heterocycles. The number of hydrogen-bond donors (Lipinski definition) is 0. The summed E-state index contributed by atoms with van der Waals surface area (Å²) in [6, 6.07) is 8.62. The lowest BCUT2D eigenvalue weighted by molar-refractivity contribution is 0.0316. The first-order chi connectivity index (χ1) is 9.66. The van der Waals surface area contributed by atoms with Crippen LogP contribution in [-0.4, -0.2) is 48.4 Å². The highest BCUT2D eigenvalue weighted by Crippen LogP contribution is 2.30. The molecule has 1 amide bonds. The molecule has 0 radical (unpaired) electrons. The summed E-state index contributed by atoms with van der Waals surface area (Å²) < 4.78 is 0. The summed E-state index contributed by atoms with van der Waals surface area (Å²) in [5, 5.41) is 0. The first-order valence-electron chi connectivity index (χ1n) is 7.72. The van der Waals surface area contributed by atoms with Gasteiger partial charge in [-0.05, 0) is 57.3 Å². The fourth-order valence-corrected chi connectivity index (χ4v) is 3.82. The molecular weight excluding hydrogens is 248 g/mol. The van der Waals surface area contributed by atoms with Gasteiger partial charge in [0, 0.05) is 24.7 Å². The molecule has 2 aliphatic heterocycles. The Morgan fingerprint density at radius 1 is 1.20 bits per heavy atom. The van der Waals surface area contributed by atoms with Gasteiger partial charge in [-0.3, -0.25) is 4.79 Å². The maximum atomic E-state index is 12.7. The molecule has 3 rings (SSSR count). The lowest BCUT2D eigenvalue weighted by atomic mass is 9.84. The Balaban J connectivity index is 1.73. The lowest BCUT2D eigenvalue weighted by Gasteiger charge is -2.46. The SMILES string of the molecule is Cc1ccccc1C(=O)N1CCC2C(CCCN2C)C1. The molecule has 0 bridgehead atoms. The quantitative estimate of drug-likeness (QED) is 0.784. The van der Waals surface area contributed by atoms with Gasteiger partial charge in [-0.1, -0.05) is 18.2 Å². The van der Waals surface area contributed by atoms with E-state index in [1.807, 2.05) is 31.2 Å². The molecular formula is C17H24N2O. The second kappa shape index (κ2) is 5.57. The number of nitrogens with zero attached hydrogens (tertiary/aromatic N) is 2. The van der Waals surface area contributed by atoms with E-state index in [-0.39, 0.29) is 5.91 Å². The van der Waals surface area contributed by atoms with Gasteiger partial charge in [0.05, 0.1) is 0 Å². The van der Waals surface area contributed by atoms with Crippen molar-refractivity contribution in [3.8, 4) is 0 Å². The highest BCUT2D eigenvalue weighted by molar-refractivity contribution is 5.95. The summed E-state index contributed by atoms with van der Waals surface area (Å²) in [6.45, 7) is 5.07. The number of carbonyl (C=O) groups excluding carboxylic acids is 1. The molecule has 2 saturated heterocycles. The van der Waals surface area contributed by atoms with Crippen LogP contribution in [0.1, 0.15) is 35.2 Å². The molecule has 0 spiro atoms. The van der Waals surface area contributed by atoms with Crippen molar-refractivity contribution in [3.05, 3.63) is 35.4 Å². The fraction of sp³-hybridized carbons (Fsp3) is 0.588. The molecule has 1 aromatic rings. The third-order valence-corrected chi connectivity index (χ3v) is 5.01. The largest absolute Gasteiger partial charge is 0.338 e. The second-order valence-corrected chi connectivity index (χ2v) is 6.31. The summed E-state index contributed by atoms with van der Waals surface area (Å²) >= 11 is 0. The number of amides is 1. The van der Waals surface area contributed by atoms with Gasteiger partial charge in [0.2, 0.25) is 0 Å². The highest BCUT2D eigenvalue weighted by Gasteiger charge is 2.35. The zero-order valence-corrected chi connectivity index (χ0v) is 12.5. The summed E-state index contributed by atoms with van der Waals surface area (Å²) in [4.78, 5) is 17.3. The van der Waals surface area contributed by atoms with Gasteiger partial charge in [0.1, 0.15) is 0 Å². The van der Waals surface area contributed by atoms with E-state index < -0.39 is 0 Å². The van der Waals surface area contributed by atoms with Crippen molar-refractivity contribution >= 4 is 5.91 Å². The fourth-order valence-electron chi connectivity index (χ4n) is 3.82. The summed E-state index contributed by atoms with van der Waals surface area (Å²) in [5.74, 6) is 0.880. The maximum Gasteiger partial charge on any atom is 0.254 e. The van der Waals surface area contributed by atoms with Crippen molar-refractivity contribution in [2.24, 2.45) is 5.92 Å². The van der Waals surface area contributed by atoms with Gasteiger partial charge in [0.25, 0.3) is 5.91 Å². The van der Waals surface area contributed by atoms with E-state index in [0.29, 0.717) is 12.0 Å². The van der Waals surface area contributed by atoms with E-state index in [2.05, 4.69) is 16.8 Å². The smallest absolute Gasteiger partial charge is 0.254 e. The average molecular weight is 272 g/mol. The molecule has 2 heterocycles. The van der Waals surface area contributed by atoms with Crippen molar-refractivity contribution in [2.45, 2.75) is 32.2 Å². The van der Waals surface area contributed by atoms with Crippen LogP contribution in [0.5, 0.6) is 0 Å². The second-order valence-electron chi connectivity index (χ2n) is 6.31. The van der Waals surface area contributed by atoms with Gasteiger partial charge in [-0.25, -0.2) is 0 Å². The molecule has 0 aliphatic carbocycles. The Morgan fingerprint density at radius 3 is 2.80 bits per heavy atom. The van der Waals surface area contributed by atoms with Gasteiger partial charge in [0.15, 0.2) is 0 Å². The first kappa shape index (κ1) is 13.6. The molecule has 3 nitrogen and oxygen atoms in total. The monoisotopic (exact) mass is 272 g/mol. The van der Waals surface area contributed by atoms with Gasteiger partial charge >= 0.3 is 0 Å². The Labute approximate surface area is 121 Å². The minimum atomic E-state index is 0.217. The van der Waals surface area contributed by atoms with Crippen LogP contribution in [0, 0.1) is 12.8 Å². The maximum absolute atomic E-state index is 12.7. The Bertz CT molecular complexity index is 500. The van der Waals surface area contributed by atoms with Crippen LogP contribution in [0.2, 0.25) is 0 Å². The lowest BCUT2D eigenvalue weighted by Crippen LogP contribution is -2.53. The molecule has 0 saturated carbocycles. The zero-order valence-electron chi connectivity index (χ0n) is 12.5. The van der Waals surface area contributed by atoms with E-state index in [9.17, 15) is 4.79 Å². The molecule has 2 atom stereocenters. The summed E-state index contributed by atoms with van der Waals surface area (Å²) in [7, 11) is 2.23. The van der Waals surface area contributed by atoms with Crippen LogP contribution in [0.15, 0.2) is 24.3 Å². The number of aryl methyl sites for hydroxylation is 1. The van der Waals surface area contributed by atoms with Crippen molar-refractivity contribution < 1.29 is 4.79 Å². The van der Waals surface area contributed by atoms with E-state index >= 15 is 0 Å². The number of likely N-dealkylation sites (tertiary alicyclic amines) is 2. The van der Waals surface area contributed by atoms with E-state index in [4.69, 9.17) is 0 Å². The minimum absolute atomic E-state index is 0.217. The predicted molar refractivity (Wildman–Crippen MR) is 80.8 cm³/mol. The molecule has 20 heavy (non-hydrogen) atoms. The number of benzene rings is 1. The Kier molecular flexibility index (Phi) is 3.79. The van der Waals surface area contributed by atoms with Gasteiger partial charge in [-0.15, -0.1) is 0 Å². The van der Waals surface area contributed by atoms with Gasteiger partial charge < -0.3 is 9.80 Å². The van der Waals surface area contributed by atoms with Gasteiger partial charge in [-0.2, -0.15) is 0 Å². The van der Waals surface area contributed by atoms with Crippen molar-refractivity contribution in [1.29, 1.82) is 0 Å². The predicted octanol–water partition coefficient (Wildman–Crippen LogP) is 2.55. The van der Waals surface area contributed by atoms with Crippen molar-refractivity contribution in [3.63, 3.8) is 0 Å². The molecule has 3 heteroatoms. The molecule has 2 aliphatic rings. The van der Waals surface area contributed by atoms with Crippen LogP contribution in [0.3, 0.4) is 0 Å². The van der Waals surface area contributed by atoms with Crippen LogP contribution in [-0.2, 0) is 0 Å². The highest BCUT2D eigenvalue weighted by atomic mass is 16.2. The molecule has 2 unspecified atom stereocenters. The van der Waals surface area contributed by atoms with Crippen LogP contribution < -0.4 is 0 Å². The molecule has 1 aromatic carbocycles. The standard InChI is InChI=1S/C17H24N2O/c1-13-6-3-4-8-15(13)17(20)19-11-9-16-14(12-19)7-5-10-18(16)2/h3-4,6,8,14,16H,5,7,9-12H2,1-2H3. The number of carbonyl (C=O) groups is 1. The first-order valence-corrected chi connectivity index (χ1v) is 7.72. The van der Waals surface area contributed by atoms with E-state index in [0.717, 1.165) is 30.6 Å². The summed E-state index contributed by atoms with van der Waals surface area (Å²) in [5.41, 5.74) is 1.95. The van der Waals surface area contributed by atoms with Crippen LogP contribution in [0.4, 0.5) is 0 Å². The van der Waals surface area contributed by atoms with Crippen LogP contribution >= 0.6 is 0 Å². The third kappa shape index (κ3) is 2.47. The summed E-state index contributed by atoms with van der Waals surface area (Å²) in [6.07, 6.45) is 3.66. The number of piperidine rings is 2. The average Bonchev–Trinajstić information content (AvgIpc) is 2.47. The molecule has 2 fully saturated rings. The van der Waals surface area contributed by atoms with E-state index in [1.165, 1.54) is 19.4 Å². The van der Waals surface area contributed by atoms with Crippen molar-refractivity contribution in [2.75, 3.05) is 26.7 Å². The zero-order chi connectivity index (χ0) is 14.1. The van der Waals surface area contributed by atoms with Crippen molar-refractivity contribution in [1.82, 2.24) is 9.80 Å². The normalized spacial score (nSPS) is 27.2. The van der Waals surface area contributed by atoms with E-state index in [1.54, 1.807) is 0 Å². The number of rotatable bonds is 1.